The highest BCUT2D eigenvalue weighted by atomic mass is 32.2. The van der Waals surface area contributed by atoms with E-state index < -0.39 is 0 Å². The molecule has 2 rings (SSSR count). The predicted molar refractivity (Wildman–Crippen MR) is 87.6 cm³/mol. The van der Waals surface area contributed by atoms with Crippen molar-refractivity contribution in [3.63, 3.8) is 0 Å². The molecule has 1 heterocycles. The Morgan fingerprint density at radius 3 is 2.85 bits per heavy atom. The molecule has 1 aromatic rings. The van der Waals surface area contributed by atoms with Crippen LogP contribution in [0.25, 0.3) is 0 Å². The second-order valence-corrected chi connectivity index (χ2v) is 7.50. The third-order valence-electron chi connectivity index (χ3n) is 3.70. The SMILES string of the molecule is CNC(=O)c1ccc(N)c(N2CCSC(C)(C)CC2)c1. The fourth-order valence-corrected chi connectivity index (χ4v) is 3.46. The van der Waals surface area contributed by atoms with Crippen molar-refractivity contribution in [3.05, 3.63) is 23.8 Å². The van der Waals surface area contributed by atoms with Crippen molar-refractivity contribution in [1.82, 2.24) is 5.32 Å². The molecular formula is C15H23N3OS. The molecule has 1 aliphatic heterocycles. The zero-order chi connectivity index (χ0) is 14.8. The summed E-state index contributed by atoms with van der Waals surface area (Å²) in [5, 5.41) is 2.65. The highest BCUT2D eigenvalue weighted by molar-refractivity contribution is 8.00. The van der Waals surface area contributed by atoms with Gasteiger partial charge in [0.05, 0.1) is 11.4 Å². The summed E-state index contributed by atoms with van der Waals surface area (Å²) in [5.74, 6) is 1.01. The molecule has 0 spiro atoms. The number of amides is 1. The first kappa shape index (κ1) is 15.0. The molecule has 0 radical (unpaired) electrons. The molecule has 20 heavy (non-hydrogen) atoms. The fourth-order valence-electron chi connectivity index (χ4n) is 2.36. The Bertz CT molecular complexity index is 502. The smallest absolute Gasteiger partial charge is 0.251 e. The van der Waals surface area contributed by atoms with E-state index in [1.807, 2.05) is 23.9 Å². The highest BCUT2D eigenvalue weighted by Gasteiger charge is 2.24. The van der Waals surface area contributed by atoms with Crippen LogP contribution in [0.1, 0.15) is 30.6 Å². The molecule has 0 atom stereocenters. The van der Waals surface area contributed by atoms with E-state index in [0.717, 1.165) is 36.6 Å². The van der Waals surface area contributed by atoms with Crippen molar-refractivity contribution < 1.29 is 4.79 Å². The fraction of sp³-hybridized carbons (Fsp3) is 0.533. The molecule has 0 saturated carbocycles. The van der Waals surface area contributed by atoms with Gasteiger partial charge in [0.2, 0.25) is 0 Å². The predicted octanol–water partition coefficient (Wildman–Crippen LogP) is 2.35. The Balaban J connectivity index is 2.25. The summed E-state index contributed by atoms with van der Waals surface area (Å²) < 4.78 is 0.307. The van der Waals surface area contributed by atoms with E-state index in [4.69, 9.17) is 5.73 Å². The first-order valence-corrected chi connectivity index (χ1v) is 7.92. The molecule has 110 valence electrons. The average molecular weight is 293 g/mol. The number of carbonyl (C=O) groups excluding carboxylic acids is 1. The second kappa shape index (κ2) is 5.95. The number of carbonyl (C=O) groups is 1. The van der Waals surface area contributed by atoms with Crippen LogP contribution < -0.4 is 16.0 Å². The quantitative estimate of drug-likeness (QED) is 0.822. The standard InChI is InChI=1S/C15H23N3OS/c1-15(2)6-7-18(8-9-20-15)13-10-11(14(19)17-3)4-5-12(13)16/h4-5,10H,6-9,16H2,1-3H3,(H,17,19). The van der Waals surface area contributed by atoms with E-state index in [0.29, 0.717) is 10.3 Å². The molecular weight excluding hydrogens is 270 g/mol. The van der Waals surface area contributed by atoms with Crippen LogP contribution in [0.3, 0.4) is 0 Å². The van der Waals surface area contributed by atoms with E-state index in [2.05, 4.69) is 24.1 Å². The summed E-state index contributed by atoms with van der Waals surface area (Å²) in [7, 11) is 1.64. The first-order chi connectivity index (χ1) is 9.43. The molecule has 0 aliphatic carbocycles. The number of benzene rings is 1. The van der Waals surface area contributed by atoms with Crippen molar-refractivity contribution in [2.45, 2.75) is 25.0 Å². The average Bonchev–Trinajstić information content (AvgIpc) is 2.59. The summed E-state index contributed by atoms with van der Waals surface area (Å²) in [5.41, 5.74) is 8.47. The lowest BCUT2D eigenvalue weighted by Gasteiger charge is -2.25. The third-order valence-corrected chi connectivity index (χ3v) is 5.07. The van der Waals surface area contributed by atoms with Crippen molar-refractivity contribution in [1.29, 1.82) is 0 Å². The van der Waals surface area contributed by atoms with Gasteiger partial charge in [-0.1, -0.05) is 13.8 Å². The molecule has 0 bridgehead atoms. The lowest BCUT2D eigenvalue weighted by Crippen LogP contribution is -2.28. The number of nitrogens with zero attached hydrogens (tertiary/aromatic N) is 1. The van der Waals surface area contributed by atoms with Crippen LogP contribution in [-0.2, 0) is 0 Å². The molecule has 0 aromatic heterocycles. The number of rotatable bonds is 2. The molecule has 5 heteroatoms. The minimum absolute atomic E-state index is 0.0734. The van der Waals surface area contributed by atoms with Crippen LogP contribution in [0.2, 0.25) is 0 Å². The summed E-state index contributed by atoms with van der Waals surface area (Å²) in [6, 6.07) is 5.49. The summed E-state index contributed by atoms with van der Waals surface area (Å²) >= 11 is 2.00. The molecule has 1 saturated heterocycles. The first-order valence-electron chi connectivity index (χ1n) is 6.93. The van der Waals surface area contributed by atoms with Gasteiger partial charge in [0.1, 0.15) is 0 Å². The Morgan fingerprint density at radius 1 is 1.40 bits per heavy atom. The maximum atomic E-state index is 11.8. The summed E-state index contributed by atoms with van der Waals surface area (Å²) in [6.45, 7) is 6.51. The van der Waals surface area contributed by atoms with Gasteiger partial charge < -0.3 is 16.0 Å². The van der Waals surface area contributed by atoms with Crippen LogP contribution in [-0.4, -0.2) is 36.5 Å². The number of hydrogen-bond acceptors (Lipinski definition) is 4. The molecule has 1 aliphatic rings. The number of nitrogen functional groups attached to an aromatic ring is 1. The van der Waals surface area contributed by atoms with E-state index in [9.17, 15) is 4.79 Å². The Labute approximate surface area is 125 Å². The van der Waals surface area contributed by atoms with Crippen molar-refractivity contribution in [3.8, 4) is 0 Å². The van der Waals surface area contributed by atoms with Gasteiger partial charge >= 0.3 is 0 Å². The van der Waals surface area contributed by atoms with E-state index in [-0.39, 0.29) is 5.91 Å². The van der Waals surface area contributed by atoms with Gasteiger partial charge in [-0.3, -0.25) is 4.79 Å². The third kappa shape index (κ3) is 3.39. The normalized spacial score (nSPS) is 18.4. The van der Waals surface area contributed by atoms with E-state index >= 15 is 0 Å². The van der Waals surface area contributed by atoms with E-state index in [1.165, 1.54) is 0 Å². The van der Waals surface area contributed by atoms with Gasteiger partial charge in [-0.05, 0) is 24.6 Å². The minimum atomic E-state index is -0.0734. The van der Waals surface area contributed by atoms with Gasteiger partial charge in [0.25, 0.3) is 5.91 Å². The monoisotopic (exact) mass is 293 g/mol. The Kier molecular flexibility index (Phi) is 4.48. The number of thioether (sulfide) groups is 1. The van der Waals surface area contributed by atoms with Gasteiger partial charge in [-0.15, -0.1) is 0 Å². The van der Waals surface area contributed by atoms with Crippen molar-refractivity contribution >= 4 is 29.0 Å². The maximum Gasteiger partial charge on any atom is 0.251 e. The molecule has 1 amide bonds. The largest absolute Gasteiger partial charge is 0.397 e. The van der Waals surface area contributed by atoms with Gasteiger partial charge in [-0.25, -0.2) is 0 Å². The van der Waals surface area contributed by atoms with Crippen molar-refractivity contribution in [2.24, 2.45) is 0 Å². The molecule has 1 fully saturated rings. The maximum absolute atomic E-state index is 11.8. The number of nitrogens with two attached hydrogens (primary N) is 1. The molecule has 3 N–H and O–H groups in total. The second-order valence-electron chi connectivity index (χ2n) is 5.70. The highest BCUT2D eigenvalue weighted by Crippen LogP contribution is 2.34. The van der Waals surface area contributed by atoms with Crippen molar-refractivity contribution in [2.75, 3.05) is 36.5 Å². The van der Waals surface area contributed by atoms with Crippen LogP contribution in [0, 0.1) is 0 Å². The van der Waals surface area contributed by atoms with Crippen LogP contribution in [0.4, 0.5) is 11.4 Å². The Hall–Kier alpha value is -1.36. The molecule has 1 aromatic carbocycles. The molecule has 4 nitrogen and oxygen atoms in total. The van der Waals surface area contributed by atoms with Crippen LogP contribution in [0.5, 0.6) is 0 Å². The van der Waals surface area contributed by atoms with Gasteiger partial charge in [0.15, 0.2) is 0 Å². The zero-order valence-corrected chi connectivity index (χ0v) is 13.2. The van der Waals surface area contributed by atoms with E-state index in [1.54, 1.807) is 13.1 Å². The van der Waals surface area contributed by atoms with Gasteiger partial charge in [-0.2, -0.15) is 11.8 Å². The Morgan fingerprint density at radius 2 is 2.15 bits per heavy atom. The molecule has 0 unspecified atom stereocenters. The zero-order valence-electron chi connectivity index (χ0n) is 12.4. The lowest BCUT2D eigenvalue weighted by atomic mass is 10.1. The topological polar surface area (TPSA) is 58.4 Å². The summed E-state index contributed by atoms with van der Waals surface area (Å²) in [4.78, 5) is 14.1. The van der Waals surface area contributed by atoms with Crippen LogP contribution in [0.15, 0.2) is 18.2 Å². The van der Waals surface area contributed by atoms with Gasteiger partial charge in [0, 0.05) is 36.2 Å². The number of nitrogens with one attached hydrogen (secondary N) is 1. The number of hydrogen-bond donors (Lipinski definition) is 2. The minimum Gasteiger partial charge on any atom is -0.397 e. The van der Waals surface area contributed by atoms with Crippen LogP contribution >= 0.6 is 11.8 Å². The summed E-state index contributed by atoms with van der Waals surface area (Å²) in [6.07, 6.45) is 1.11. The number of anilines is 2. The lowest BCUT2D eigenvalue weighted by molar-refractivity contribution is 0.0963.